The summed E-state index contributed by atoms with van der Waals surface area (Å²) in [6, 6.07) is 0. The molecule has 0 aromatic carbocycles. The minimum Gasteiger partial charge on any atom is -0.475 e. The second-order valence-corrected chi connectivity index (χ2v) is 6.68. The maximum atomic E-state index is 6.18. The zero-order valence-corrected chi connectivity index (χ0v) is 13.5. The van der Waals surface area contributed by atoms with Crippen LogP contribution in [0.25, 0.3) is 0 Å². The van der Waals surface area contributed by atoms with Gasteiger partial charge < -0.3 is 9.47 Å². The minimum atomic E-state index is -0.156. The zero-order valence-electron chi connectivity index (χ0n) is 12.7. The summed E-state index contributed by atoms with van der Waals surface area (Å²) in [5.74, 6) is 1.27. The van der Waals surface area contributed by atoms with Gasteiger partial charge in [0.2, 0.25) is 5.88 Å². The Hall–Kier alpha value is -0.870. The molecule has 1 saturated heterocycles. The monoisotopic (exact) mass is 298 g/mol. The van der Waals surface area contributed by atoms with E-state index in [-0.39, 0.29) is 11.5 Å². The van der Waals surface area contributed by atoms with Gasteiger partial charge in [0, 0.05) is 17.6 Å². The minimum absolute atomic E-state index is 0.156. The fraction of sp³-hybridized carbons (Fsp3) is 0.733. The van der Waals surface area contributed by atoms with E-state index in [9.17, 15) is 0 Å². The SMILES string of the molecule is Cc1c(Cl)nc(C(C)(C)C)nc1OCC1CCCCO1. The van der Waals surface area contributed by atoms with Crippen LogP contribution in [0.2, 0.25) is 5.15 Å². The molecule has 2 rings (SSSR count). The third kappa shape index (κ3) is 3.83. The van der Waals surface area contributed by atoms with Crippen LogP contribution in [0.4, 0.5) is 0 Å². The van der Waals surface area contributed by atoms with Crippen LogP contribution in [0.5, 0.6) is 5.88 Å². The Labute approximate surface area is 125 Å². The molecule has 1 aromatic rings. The Morgan fingerprint density at radius 3 is 2.65 bits per heavy atom. The Balaban J connectivity index is 2.11. The molecule has 2 heterocycles. The molecule has 20 heavy (non-hydrogen) atoms. The highest BCUT2D eigenvalue weighted by Gasteiger charge is 2.22. The van der Waals surface area contributed by atoms with Crippen molar-refractivity contribution in [3.63, 3.8) is 0 Å². The number of halogens is 1. The van der Waals surface area contributed by atoms with Gasteiger partial charge in [-0.05, 0) is 26.2 Å². The van der Waals surface area contributed by atoms with E-state index in [0.29, 0.717) is 23.5 Å². The molecule has 0 saturated carbocycles. The summed E-state index contributed by atoms with van der Waals surface area (Å²) in [7, 11) is 0. The van der Waals surface area contributed by atoms with Gasteiger partial charge in [0.05, 0.1) is 6.10 Å². The quantitative estimate of drug-likeness (QED) is 0.798. The summed E-state index contributed by atoms with van der Waals surface area (Å²) in [6.07, 6.45) is 3.55. The maximum absolute atomic E-state index is 6.18. The number of rotatable bonds is 3. The smallest absolute Gasteiger partial charge is 0.221 e. The first kappa shape index (κ1) is 15.5. The molecule has 5 heteroatoms. The molecule has 0 aliphatic carbocycles. The highest BCUT2D eigenvalue weighted by Crippen LogP contribution is 2.27. The zero-order chi connectivity index (χ0) is 14.8. The molecule has 0 spiro atoms. The number of hydrogen-bond acceptors (Lipinski definition) is 4. The number of nitrogens with zero attached hydrogens (tertiary/aromatic N) is 2. The molecule has 112 valence electrons. The Morgan fingerprint density at radius 2 is 2.05 bits per heavy atom. The Morgan fingerprint density at radius 1 is 1.30 bits per heavy atom. The highest BCUT2D eigenvalue weighted by atomic mass is 35.5. The lowest BCUT2D eigenvalue weighted by molar-refractivity contribution is -0.0121. The van der Waals surface area contributed by atoms with E-state index < -0.39 is 0 Å². The van der Waals surface area contributed by atoms with Crippen molar-refractivity contribution in [1.82, 2.24) is 9.97 Å². The standard InChI is InChI=1S/C15H23ClN2O2/c1-10-12(16)17-14(15(2,3)4)18-13(10)20-9-11-7-5-6-8-19-11/h11H,5-9H2,1-4H3. The van der Waals surface area contributed by atoms with Crippen LogP contribution in [0.1, 0.15) is 51.4 Å². The van der Waals surface area contributed by atoms with Crippen molar-refractivity contribution >= 4 is 11.6 Å². The molecule has 1 aliphatic rings. The Bertz CT molecular complexity index is 466. The molecule has 1 aromatic heterocycles. The maximum Gasteiger partial charge on any atom is 0.221 e. The molecule has 0 N–H and O–H groups in total. The predicted molar refractivity (Wildman–Crippen MR) is 79.6 cm³/mol. The van der Waals surface area contributed by atoms with E-state index in [1.807, 2.05) is 6.92 Å². The summed E-state index contributed by atoms with van der Waals surface area (Å²) in [4.78, 5) is 8.86. The largest absolute Gasteiger partial charge is 0.475 e. The fourth-order valence-electron chi connectivity index (χ4n) is 2.06. The van der Waals surface area contributed by atoms with Crippen LogP contribution >= 0.6 is 11.6 Å². The summed E-state index contributed by atoms with van der Waals surface area (Å²) in [6.45, 7) is 9.40. The van der Waals surface area contributed by atoms with Gasteiger partial charge in [-0.25, -0.2) is 4.98 Å². The second kappa shape index (κ2) is 6.27. The van der Waals surface area contributed by atoms with Gasteiger partial charge in [0.15, 0.2) is 0 Å². The van der Waals surface area contributed by atoms with Crippen LogP contribution < -0.4 is 4.74 Å². The lowest BCUT2D eigenvalue weighted by atomic mass is 9.96. The van der Waals surface area contributed by atoms with E-state index in [1.54, 1.807) is 0 Å². The van der Waals surface area contributed by atoms with E-state index >= 15 is 0 Å². The van der Waals surface area contributed by atoms with E-state index in [1.165, 1.54) is 6.42 Å². The molecule has 0 radical (unpaired) electrons. The highest BCUT2D eigenvalue weighted by molar-refractivity contribution is 6.30. The van der Waals surface area contributed by atoms with Crippen molar-refractivity contribution in [2.24, 2.45) is 0 Å². The van der Waals surface area contributed by atoms with Gasteiger partial charge in [-0.3, -0.25) is 0 Å². The van der Waals surface area contributed by atoms with Crippen molar-refractivity contribution in [1.29, 1.82) is 0 Å². The third-order valence-corrected chi connectivity index (χ3v) is 3.76. The average Bonchev–Trinajstić information content (AvgIpc) is 2.40. The van der Waals surface area contributed by atoms with Gasteiger partial charge in [-0.1, -0.05) is 32.4 Å². The summed E-state index contributed by atoms with van der Waals surface area (Å²) >= 11 is 6.18. The average molecular weight is 299 g/mol. The molecule has 1 atom stereocenters. The van der Waals surface area contributed by atoms with Crippen LogP contribution in [0.15, 0.2) is 0 Å². The lowest BCUT2D eigenvalue weighted by Gasteiger charge is -2.23. The van der Waals surface area contributed by atoms with E-state index in [4.69, 9.17) is 21.1 Å². The lowest BCUT2D eigenvalue weighted by Crippen LogP contribution is -2.26. The molecule has 0 amide bonds. The topological polar surface area (TPSA) is 44.2 Å². The van der Waals surface area contributed by atoms with Gasteiger partial charge in [-0.2, -0.15) is 4.98 Å². The molecule has 1 aliphatic heterocycles. The molecular formula is C15H23ClN2O2. The second-order valence-electron chi connectivity index (χ2n) is 6.32. The summed E-state index contributed by atoms with van der Waals surface area (Å²) in [5, 5.41) is 0.462. The predicted octanol–water partition coefficient (Wildman–Crippen LogP) is 3.68. The molecule has 1 unspecified atom stereocenters. The number of ether oxygens (including phenoxy) is 2. The van der Waals surface area contributed by atoms with Crippen molar-refractivity contribution in [3.05, 3.63) is 16.5 Å². The first-order valence-electron chi connectivity index (χ1n) is 7.17. The third-order valence-electron chi connectivity index (χ3n) is 3.39. The molecule has 0 bridgehead atoms. The summed E-state index contributed by atoms with van der Waals surface area (Å²) in [5.41, 5.74) is 0.632. The Kier molecular flexibility index (Phi) is 4.86. The molecule has 1 fully saturated rings. The van der Waals surface area contributed by atoms with Gasteiger partial charge >= 0.3 is 0 Å². The van der Waals surface area contributed by atoms with E-state index in [2.05, 4.69) is 30.7 Å². The van der Waals surface area contributed by atoms with Crippen LogP contribution in [-0.2, 0) is 10.2 Å². The van der Waals surface area contributed by atoms with Crippen molar-refractivity contribution in [2.45, 2.75) is 58.5 Å². The molecule has 4 nitrogen and oxygen atoms in total. The van der Waals surface area contributed by atoms with Crippen LogP contribution in [0.3, 0.4) is 0 Å². The number of hydrogen-bond donors (Lipinski definition) is 0. The normalized spacial score (nSPS) is 19.9. The van der Waals surface area contributed by atoms with Gasteiger partial charge in [0.25, 0.3) is 0 Å². The van der Waals surface area contributed by atoms with E-state index in [0.717, 1.165) is 25.0 Å². The van der Waals surface area contributed by atoms with Crippen molar-refractivity contribution in [3.8, 4) is 5.88 Å². The van der Waals surface area contributed by atoms with Crippen molar-refractivity contribution in [2.75, 3.05) is 13.2 Å². The fourth-order valence-corrected chi connectivity index (χ4v) is 2.22. The van der Waals surface area contributed by atoms with Crippen molar-refractivity contribution < 1.29 is 9.47 Å². The summed E-state index contributed by atoms with van der Waals surface area (Å²) < 4.78 is 11.5. The molecular weight excluding hydrogens is 276 g/mol. The van der Waals surface area contributed by atoms with Gasteiger partial charge in [0.1, 0.15) is 17.6 Å². The number of aromatic nitrogens is 2. The van der Waals surface area contributed by atoms with Crippen LogP contribution in [-0.4, -0.2) is 29.3 Å². The van der Waals surface area contributed by atoms with Gasteiger partial charge in [-0.15, -0.1) is 0 Å². The first-order valence-corrected chi connectivity index (χ1v) is 7.55. The first-order chi connectivity index (χ1) is 9.38. The van der Waals surface area contributed by atoms with Crippen LogP contribution in [0, 0.1) is 6.92 Å².